The Morgan fingerprint density at radius 3 is 2.41 bits per heavy atom. The van der Waals surface area contributed by atoms with Crippen LogP contribution in [0.3, 0.4) is 0 Å². The molecule has 32 heavy (non-hydrogen) atoms. The van der Waals surface area contributed by atoms with Crippen molar-refractivity contribution in [1.29, 1.82) is 0 Å². The maximum atomic E-state index is 6.69. The van der Waals surface area contributed by atoms with Crippen LogP contribution in [-0.4, -0.2) is 0 Å². The van der Waals surface area contributed by atoms with E-state index in [1.54, 1.807) is 0 Å². The predicted molar refractivity (Wildman–Crippen MR) is 135 cm³/mol. The number of nitrogens with zero attached hydrogens (tertiary/aromatic N) is 1. The largest absolute Gasteiger partial charge is 0.450 e. The number of rotatable bonds is 2. The van der Waals surface area contributed by atoms with Gasteiger partial charge < -0.3 is 4.74 Å². The number of ether oxygens (including phenoxy) is 1. The molecular weight excluding hydrogens is 390 g/mol. The molecule has 4 aromatic rings. The Bertz CT molecular complexity index is 1400. The Balaban J connectivity index is 1.88. The fourth-order valence-electron chi connectivity index (χ4n) is 5.23. The molecule has 0 saturated heterocycles. The van der Waals surface area contributed by atoms with E-state index >= 15 is 0 Å². The van der Waals surface area contributed by atoms with Crippen LogP contribution in [0.1, 0.15) is 62.8 Å². The fraction of sp³-hybridized carbons (Fsp3) is 0.367. The zero-order chi connectivity index (χ0) is 22.9. The molecule has 1 aliphatic heterocycles. The summed E-state index contributed by atoms with van der Waals surface area (Å²) in [5, 5.41) is 3.80. The van der Waals surface area contributed by atoms with Crippen molar-refractivity contribution in [3.8, 4) is 22.8 Å². The molecular formula is C30H34NO+. The van der Waals surface area contributed by atoms with Crippen LogP contribution < -0.4 is 9.30 Å². The molecule has 0 aliphatic carbocycles. The summed E-state index contributed by atoms with van der Waals surface area (Å²) in [6.07, 6.45) is 1.03. The first-order chi connectivity index (χ1) is 15.0. The molecule has 2 heteroatoms. The Morgan fingerprint density at radius 2 is 1.72 bits per heavy atom. The van der Waals surface area contributed by atoms with E-state index in [1.165, 1.54) is 55.2 Å². The zero-order valence-electron chi connectivity index (χ0n) is 20.7. The van der Waals surface area contributed by atoms with Gasteiger partial charge in [-0.15, -0.1) is 0 Å². The number of fused-ring (bicyclic) bond motifs is 3. The molecule has 0 radical (unpaired) electrons. The highest BCUT2D eigenvalue weighted by atomic mass is 16.5. The average Bonchev–Trinajstić information content (AvgIpc) is 2.70. The molecule has 0 spiro atoms. The van der Waals surface area contributed by atoms with E-state index in [9.17, 15) is 0 Å². The Kier molecular flexibility index (Phi) is 4.64. The van der Waals surface area contributed by atoms with Gasteiger partial charge in [0.1, 0.15) is 12.8 Å². The van der Waals surface area contributed by atoms with Crippen molar-refractivity contribution in [3.05, 3.63) is 64.7 Å². The molecule has 0 atom stereocenters. The highest BCUT2D eigenvalue weighted by Crippen LogP contribution is 2.49. The van der Waals surface area contributed by atoms with Gasteiger partial charge in [0.25, 0.3) is 5.69 Å². The quantitative estimate of drug-likeness (QED) is 0.262. The van der Waals surface area contributed by atoms with Crippen LogP contribution in [0.2, 0.25) is 0 Å². The smallest absolute Gasteiger partial charge is 0.256 e. The monoisotopic (exact) mass is 424 g/mol. The van der Waals surface area contributed by atoms with Crippen LogP contribution in [0.5, 0.6) is 11.5 Å². The van der Waals surface area contributed by atoms with Crippen molar-refractivity contribution in [3.63, 3.8) is 0 Å². The van der Waals surface area contributed by atoms with Gasteiger partial charge in [-0.2, -0.15) is 4.57 Å². The number of aromatic nitrogens is 1. The third-order valence-electron chi connectivity index (χ3n) is 6.97. The molecule has 1 aromatic heterocycles. The first kappa shape index (κ1) is 21.0. The first-order valence-corrected chi connectivity index (χ1v) is 11.8. The summed E-state index contributed by atoms with van der Waals surface area (Å²) in [5.41, 5.74) is 9.34. The van der Waals surface area contributed by atoms with Crippen molar-refractivity contribution >= 4 is 21.7 Å². The lowest BCUT2D eigenvalue weighted by Crippen LogP contribution is -2.34. The summed E-state index contributed by atoms with van der Waals surface area (Å²) in [6, 6.07) is 15.9. The molecule has 0 fully saturated rings. The average molecular weight is 425 g/mol. The van der Waals surface area contributed by atoms with E-state index < -0.39 is 0 Å². The summed E-state index contributed by atoms with van der Waals surface area (Å²) in [4.78, 5) is 0. The SMILES string of the molecule is Cc1cc2cc(C(C)C)cc3c2c(c1C)-c1c(cc2c(CC(C)(C)C)cccc2[n+]1C)O3. The van der Waals surface area contributed by atoms with Gasteiger partial charge in [0.2, 0.25) is 5.52 Å². The van der Waals surface area contributed by atoms with E-state index in [1.807, 2.05) is 0 Å². The predicted octanol–water partition coefficient (Wildman–Crippen LogP) is 7.92. The lowest BCUT2D eigenvalue weighted by Gasteiger charge is -2.24. The van der Waals surface area contributed by atoms with E-state index in [-0.39, 0.29) is 5.41 Å². The van der Waals surface area contributed by atoms with Crippen molar-refractivity contribution < 1.29 is 9.30 Å². The molecule has 2 heterocycles. The molecule has 0 N–H and O–H groups in total. The third-order valence-corrected chi connectivity index (χ3v) is 6.97. The first-order valence-electron chi connectivity index (χ1n) is 11.8. The van der Waals surface area contributed by atoms with Gasteiger partial charge in [-0.25, -0.2) is 0 Å². The molecule has 1 aliphatic rings. The lowest BCUT2D eigenvalue weighted by atomic mass is 9.85. The number of benzene rings is 3. The van der Waals surface area contributed by atoms with Crippen LogP contribution >= 0.6 is 0 Å². The van der Waals surface area contributed by atoms with Crippen LogP contribution in [0.25, 0.3) is 32.9 Å². The maximum Gasteiger partial charge on any atom is 0.256 e. The van der Waals surface area contributed by atoms with Gasteiger partial charge in [-0.3, -0.25) is 0 Å². The number of hydrogen-bond acceptors (Lipinski definition) is 1. The second-order valence-electron chi connectivity index (χ2n) is 11.1. The molecule has 0 unspecified atom stereocenters. The Hall–Kier alpha value is -2.87. The number of pyridine rings is 1. The van der Waals surface area contributed by atoms with Crippen LogP contribution in [0, 0.1) is 19.3 Å². The minimum absolute atomic E-state index is 0.224. The fourth-order valence-corrected chi connectivity index (χ4v) is 5.23. The van der Waals surface area contributed by atoms with E-state index in [0.717, 1.165) is 17.9 Å². The summed E-state index contributed by atoms with van der Waals surface area (Å²) in [7, 11) is 2.19. The van der Waals surface area contributed by atoms with Gasteiger partial charge in [-0.1, -0.05) is 58.9 Å². The summed E-state index contributed by atoms with van der Waals surface area (Å²) in [6.45, 7) is 15.9. The van der Waals surface area contributed by atoms with Crippen molar-refractivity contribution in [2.75, 3.05) is 0 Å². The summed E-state index contributed by atoms with van der Waals surface area (Å²) in [5.74, 6) is 2.41. The maximum absolute atomic E-state index is 6.69. The molecule has 0 saturated carbocycles. The van der Waals surface area contributed by atoms with Crippen molar-refractivity contribution in [1.82, 2.24) is 0 Å². The number of aryl methyl sites for hydroxylation is 2. The Morgan fingerprint density at radius 1 is 0.969 bits per heavy atom. The zero-order valence-corrected chi connectivity index (χ0v) is 20.7. The molecule has 164 valence electrons. The van der Waals surface area contributed by atoms with Gasteiger partial charge in [-0.05, 0) is 65.3 Å². The second kappa shape index (κ2) is 7.07. The van der Waals surface area contributed by atoms with Crippen molar-refractivity contribution in [2.45, 2.75) is 60.8 Å². The van der Waals surface area contributed by atoms with Gasteiger partial charge >= 0.3 is 0 Å². The van der Waals surface area contributed by atoms with Crippen LogP contribution in [-0.2, 0) is 13.5 Å². The van der Waals surface area contributed by atoms with E-state index in [2.05, 4.69) is 103 Å². The van der Waals surface area contributed by atoms with Gasteiger partial charge in [0.05, 0.1) is 10.9 Å². The van der Waals surface area contributed by atoms with Crippen molar-refractivity contribution in [2.24, 2.45) is 12.5 Å². The normalized spacial score (nSPS) is 13.0. The topological polar surface area (TPSA) is 13.1 Å². The Labute approximate surface area is 191 Å². The molecule has 2 nitrogen and oxygen atoms in total. The standard InChI is InChI=1S/C30H34NO/c1-17(2)21-13-22-12-18(3)19(4)27-28(22)25(14-21)32-26-15-23-20(16-30(5,6)7)10-9-11-24(23)31(8)29(26)27/h9-15,17H,16H2,1-8H3/q+1. The van der Waals surface area contributed by atoms with Crippen LogP contribution in [0.15, 0.2) is 42.5 Å². The highest BCUT2D eigenvalue weighted by Gasteiger charge is 2.32. The number of hydrogen-bond donors (Lipinski definition) is 0. The minimum Gasteiger partial charge on any atom is -0.450 e. The molecule has 0 amide bonds. The molecule has 3 aromatic carbocycles. The molecule has 5 rings (SSSR count). The molecule has 0 bridgehead atoms. The minimum atomic E-state index is 0.224. The summed E-state index contributed by atoms with van der Waals surface area (Å²) >= 11 is 0. The third kappa shape index (κ3) is 3.20. The van der Waals surface area contributed by atoms with E-state index in [4.69, 9.17) is 4.74 Å². The van der Waals surface area contributed by atoms with Gasteiger partial charge in [0.15, 0.2) is 5.75 Å². The van der Waals surface area contributed by atoms with Gasteiger partial charge in [0, 0.05) is 17.5 Å². The summed E-state index contributed by atoms with van der Waals surface area (Å²) < 4.78 is 9.03. The van der Waals surface area contributed by atoms with E-state index in [0.29, 0.717) is 5.92 Å². The van der Waals surface area contributed by atoms with Crippen LogP contribution in [0.4, 0.5) is 0 Å². The second-order valence-corrected chi connectivity index (χ2v) is 11.1. The highest BCUT2D eigenvalue weighted by molar-refractivity contribution is 6.05. The lowest BCUT2D eigenvalue weighted by molar-refractivity contribution is -0.633.